The molecule has 0 saturated heterocycles. The molecule has 4 heteroatoms. The fraction of sp³-hybridized carbons (Fsp3) is 0.222. The Morgan fingerprint density at radius 2 is 1.68 bits per heavy atom. The molecule has 1 nitrogen and oxygen atoms in total. The van der Waals surface area contributed by atoms with Gasteiger partial charge in [0.15, 0.2) is 0 Å². The number of hydrogen-bond donors (Lipinski definition) is 0. The number of para-hydroxylation sites is 1. The number of halogens is 2. The third-order valence-corrected chi connectivity index (χ3v) is 6.16. The van der Waals surface area contributed by atoms with E-state index in [-0.39, 0.29) is 46.5 Å². The van der Waals surface area contributed by atoms with E-state index in [9.17, 15) is 0 Å². The summed E-state index contributed by atoms with van der Waals surface area (Å²) in [5.74, 6) is 0. The Morgan fingerprint density at radius 1 is 0.935 bits per heavy atom. The second kappa shape index (κ2) is 10.8. The van der Waals surface area contributed by atoms with Gasteiger partial charge in [0.1, 0.15) is 0 Å². The first-order valence-electron chi connectivity index (χ1n) is 10.2. The summed E-state index contributed by atoms with van der Waals surface area (Å²) in [5, 5.41) is 4.10. The minimum Gasteiger partial charge on any atom is -1.00 e. The van der Waals surface area contributed by atoms with Gasteiger partial charge in [-0.1, -0.05) is 31.2 Å². The Bertz CT molecular complexity index is 1190. The summed E-state index contributed by atoms with van der Waals surface area (Å²) in [5.41, 5.74) is 8.47. The second-order valence-electron chi connectivity index (χ2n) is 7.87. The van der Waals surface area contributed by atoms with Crippen LogP contribution in [-0.2, 0) is 34.6 Å². The van der Waals surface area contributed by atoms with E-state index in [2.05, 4.69) is 91.2 Å². The largest absolute Gasteiger partial charge is 4.00 e. The van der Waals surface area contributed by atoms with Crippen molar-refractivity contribution in [3.63, 3.8) is 0 Å². The van der Waals surface area contributed by atoms with Crippen molar-refractivity contribution < 1.29 is 46.5 Å². The van der Waals surface area contributed by atoms with E-state index in [0.717, 1.165) is 6.42 Å². The van der Waals surface area contributed by atoms with E-state index in [1.54, 1.807) is 5.56 Å². The first-order valence-corrected chi connectivity index (χ1v) is 10.2. The summed E-state index contributed by atoms with van der Waals surface area (Å²) in [7, 11) is 0. The molecular weight excluding hydrogens is 457 g/mol. The van der Waals surface area contributed by atoms with Gasteiger partial charge in [-0.15, -0.1) is 54.4 Å². The van der Waals surface area contributed by atoms with Crippen molar-refractivity contribution in [2.45, 2.75) is 39.5 Å². The normalized spacial score (nSPS) is 13.9. The van der Waals surface area contributed by atoms with Crippen molar-refractivity contribution in [3.8, 4) is 5.69 Å². The molecule has 3 aromatic carbocycles. The Kier molecular flexibility index (Phi) is 8.92. The zero-order valence-corrected chi connectivity index (χ0v) is 21.0. The van der Waals surface area contributed by atoms with Crippen molar-refractivity contribution in [2.24, 2.45) is 0 Å². The summed E-state index contributed by atoms with van der Waals surface area (Å²) in [4.78, 5) is 0. The van der Waals surface area contributed by atoms with Gasteiger partial charge in [-0.2, -0.15) is 6.08 Å². The van der Waals surface area contributed by atoms with Crippen LogP contribution in [0.2, 0.25) is 0 Å². The Labute approximate surface area is 212 Å². The molecule has 6 rings (SSSR count). The Hall–Kier alpha value is -1.64. The van der Waals surface area contributed by atoms with Crippen LogP contribution >= 0.6 is 0 Å². The van der Waals surface area contributed by atoms with Crippen LogP contribution in [0.4, 0.5) is 0 Å². The molecule has 156 valence electrons. The number of fused-ring (bicyclic) bond motifs is 4. The molecule has 0 N–H and O–H groups in total. The first-order chi connectivity index (χ1) is 13.7. The van der Waals surface area contributed by atoms with Gasteiger partial charge in [-0.05, 0) is 36.6 Å². The zero-order valence-electron chi connectivity index (χ0n) is 17.9. The van der Waals surface area contributed by atoms with Gasteiger partial charge < -0.3 is 29.4 Å². The van der Waals surface area contributed by atoms with Crippen LogP contribution < -0.4 is 24.8 Å². The Morgan fingerprint density at radius 3 is 2.35 bits per heavy atom. The molecule has 31 heavy (non-hydrogen) atoms. The van der Waals surface area contributed by atoms with Gasteiger partial charge >= 0.3 is 21.7 Å². The van der Waals surface area contributed by atoms with Gasteiger partial charge in [0, 0.05) is 11.1 Å². The maximum atomic E-state index is 3.19. The van der Waals surface area contributed by atoms with Crippen LogP contribution in [0.25, 0.3) is 27.4 Å². The van der Waals surface area contributed by atoms with Crippen LogP contribution in [0.5, 0.6) is 0 Å². The van der Waals surface area contributed by atoms with E-state index in [0.29, 0.717) is 0 Å². The van der Waals surface area contributed by atoms with Crippen molar-refractivity contribution in [1.82, 2.24) is 4.57 Å². The third-order valence-electron chi connectivity index (χ3n) is 6.16. The SMILES string of the molecule is CC1=[C-]CC=C1C.[Cl-].[Cl-].[Ti+4].c1ccc2[cH-]c(-n3c4c(c5ccccc53)CCC4)cc2c1. The maximum absolute atomic E-state index is 3.19. The van der Waals surface area contributed by atoms with E-state index >= 15 is 0 Å². The molecule has 0 saturated carbocycles. The topological polar surface area (TPSA) is 4.93 Å². The summed E-state index contributed by atoms with van der Waals surface area (Å²) in [6.07, 6.45) is 10.1. The van der Waals surface area contributed by atoms with E-state index in [1.807, 2.05) is 0 Å². The maximum Gasteiger partial charge on any atom is 4.00 e. The van der Waals surface area contributed by atoms with Gasteiger partial charge in [-0.3, -0.25) is 6.08 Å². The molecular formula is C27H25Cl2NTi. The van der Waals surface area contributed by atoms with Crippen molar-refractivity contribution >= 4 is 21.7 Å². The number of aryl methyl sites for hydroxylation is 1. The van der Waals surface area contributed by atoms with Gasteiger partial charge in [-0.25, -0.2) is 11.1 Å². The number of allylic oxidation sites excluding steroid dienone is 4. The van der Waals surface area contributed by atoms with Gasteiger partial charge in [0.2, 0.25) is 0 Å². The van der Waals surface area contributed by atoms with Crippen LogP contribution in [0.15, 0.2) is 77.9 Å². The standard InChI is InChI=1S/C20H16N.C7H9.2ClH.Ti/c1-2-7-15-13-16(12-14(15)6-1)21-19-10-4-3-8-17(19)18-9-5-11-20(18)21;1-6-4-3-5-7(6)2;;;/h1-4,6-8,10,12-13H,5,9,11H2;4H,3H2,1-2H3;2*1H;/q2*-1;;;+4/p-2. The fourth-order valence-electron chi connectivity index (χ4n) is 4.54. The molecule has 0 atom stereocenters. The number of aromatic nitrogens is 1. The third kappa shape index (κ3) is 4.76. The minimum atomic E-state index is 0. The molecule has 1 aromatic heterocycles. The van der Waals surface area contributed by atoms with Crippen LogP contribution in [0.3, 0.4) is 0 Å². The molecule has 0 radical (unpaired) electrons. The molecule has 0 aliphatic heterocycles. The van der Waals surface area contributed by atoms with Crippen LogP contribution in [0.1, 0.15) is 37.9 Å². The molecule has 0 unspecified atom stereocenters. The smallest absolute Gasteiger partial charge is 1.00 e. The number of hydrogen-bond acceptors (Lipinski definition) is 0. The molecule has 4 aromatic rings. The van der Waals surface area contributed by atoms with Crippen LogP contribution in [-0.4, -0.2) is 4.57 Å². The van der Waals surface area contributed by atoms with Crippen molar-refractivity contribution in [2.75, 3.05) is 0 Å². The summed E-state index contributed by atoms with van der Waals surface area (Å²) in [6.45, 7) is 4.22. The molecule has 0 amide bonds. The average Bonchev–Trinajstić information content (AvgIpc) is 3.47. The van der Waals surface area contributed by atoms with Crippen molar-refractivity contribution in [1.29, 1.82) is 0 Å². The predicted octanol–water partition coefficient (Wildman–Crippen LogP) is 1.08. The molecule has 2 aliphatic carbocycles. The van der Waals surface area contributed by atoms with Gasteiger partial charge in [0.05, 0.1) is 5.52 Å². The fourth-order valence-corrected chi connectivity index (χ4v) is 4.54. The van der Waals surface area contributed by atoms with Crippen LogP contribution in [0, 0.1) is 6.08 Å². The number of rotatable bonds is 1. The second-order valence-corrected chi connectivity index (χ2v) is 7.87. The van der Waals surface area contributed by atoms with E-state index in [1.165, 1.54) is 63.5 Å². The first kappa shape index (κ1) is 25.6. The molecule has 0 bridgehead atoms. The van der Waals surface area contributed by atoms with E-state index in [4.69, 9.17) is 0 Å². The number of benzene rings is 2. The number of nitrogens with zero attached hydrogens (tertiary/aromatic N) is 1. The monoisotopic (exact) mass is 481 g/mol. The van der Waals surface area contributed by atoms with E-state index < -0.39 is 0 Å². The van der Waals surface area contributed by atoms with Gasteiger partial charge in [0.25, 0.3) is 0 Å². The molecule has 2 aliphatic rings. The molecule has 0 spiro atoms. The molecule has 0 fully saturated rings. The average molecular weight is 482 g/mol. The predicted molar refractivity (Wildman–Crippen MR) is 119 cm³/mol. The summed E-state index contributed by atoms with van der Waals surface area (Å²) >= 11 is 0. The summed E-state index contributed by atoms with van der Waals surface area (Å²) in [6, 6.07) is 22.1. The minimum absolute atomic E-state index is 0. The quantitative estimate of drug-likeness (QED) is 0.283. The molecule has 1 heterocycles. The zero-order chi connectivity index (χ0) is 19.1. The Balaban J connectivity index is 0.000000298. The van der Waals surface area contributed by atoms with Crippen molar-refractivity contribution in [3.05, 3.63) is 95.2 Å². The summed E-state index contributed by atoms with van der Waals surface area (Å²) < 4.78 is 2.48.